The lowest BCUT2D eigenvalue weighted by Crippen LogP contribution is -2.41. The van der Waals surface area contributed by atoms with E-state index in [9.17, 15) is 17.6 Å². The summed E-state index contributed by atoms with van der Waals surface area (Å²) in [6.07, 6.45) is 0.805. The van der Waals surface area contributed by atoms with Crippen molar-refractivity contribution in [2.45, 2.75) is 24.6 Å². The quantitative estimate of drug-likeness (QED) is 0.903. The number of carbonyl (C=O) groups is 1. The van der Waals surface area contributed by atoms with Crippen LogP contribution in [0.2, 0.25) is 0 Å². The van der Waals surface area contributed by atoms with E-state index in [-0.39, 0.29) is 12.1 Å². The van der Waals surface area contributed by atoms with Gasteiger partial charge in [-0.25, -0.2) is 12.8 Å². The van der Waals surface area contributed by atoms with Crippen molar-refractivity contribution in [1.82, 2.24) is 4.31 Å². The van der Waals surface area contributed by atoms with Crippen molar-refractivity contribution >= 4 is 16.0 Å². The van der Waals surface area contributed by atoms with Gasteiger partial charge in [-0.1, -0.05) is 18.2 Å². The normalized spacial score (nSPS) is 20.6. The fraction of sp³-hybridized carbons (Fsp3) is 0.417. The van der Waals surface area contributed by atoms with Crippen molar-refractivity contribution < 1.29 is 22.7 Å². The summed E-state index contributed by atoms with van der Waals surface area (Å²) < 4.78 is 38.8. The number of rotatable bonds is 4. The molecule has 0 aromatic heterocycles. The fourth-order valence-corrected chi connectivity index (χ4v) is 4.00. The average molecular weight is 287 g/mol. The molecule has 0 spiro atoms. The summed E-state index contributed by atoms with van der Waals surface area (Å²) in [6, 6.07) is 4.56. The summed E-state index contributed by atoms with van der Waals surface area (Å²) in [6.45, 7) is 0.174. The minimum absolute atomic E-state index is 0.0542. The van der Waals surface area contributed by atoms with Crippen molar-refractivity contribution in [3.63, 3.8) is 0 Å². The summed E-state index contributed by atoms with van der Waals surface area (Å²) in [5.41, 5.74) is 0.0542. The topological polar surface area (TPSA) is 74.7 Å². The first kappa shape index (κ1) is 14.0. The van der Waals surface area contributed by atoms with Gasteiger partial charge in [0.05, 0.1) is 5.75 Å². The van der Waals surface area contributed by atoms with E-state index in [1.807, 2.05) is 0 Å². The first-order valence-electron chi connectivity index (χ1n) is 5.87. The maximum atomic E-state index is 13.5. The zero-order valence-corrected chi connectivity index (χ0v) is 10.9. The van der Waals surface area contributed by atoms with E-state index in [4.69, 9.17) is 5.11 Å². The van der Waals surface area contributed by atoms with Crippen LogP contribution in [-0.2, 0) is 20.6 Å². The van der Waals surface area contributed by atoms with E-state index in [1.54, 1.807) is 6.07 Å². The smallest absolute Gasteiger partial charge is 0.322 e. The van der Waals surface area contributed by atoms with Gasteiger partial charge in [-0.2, -0.15) is 4.31 Å². The second-order valence-electron chi connectivity index (χ2n) is 4.45. The second-order valence-corrected chi connectivity index (χ2v) is 6.38. The molecule has 0 saturated carbocycles. The number of sulfonamides is 1. The molecule has 7 heteroatoms. The van der Waals surface area contributed by atoms with Crippen molar-refractivity contribution in [1.29, 1.82) is 0 Å². The van der Waals surface area contributed by atoms with Gasteiger partial charge in [-0.15, -0.1) is 0 Å². The lowest BCUT2D eigenvalue weighted by Gasteiger charge is -2.21. The molecular formula is C12H14FNO4S. The molecule has 1 aromatic rings. The lowest BCUT2D eigenvalue weighted by molar-refractivity contribution is -0.140. The molecule has 0 bridgehead atoms. The van der Waals surface area contributed by atoms with Gasteiger partial charge >= 0.3 is 5.97 Å². The van der Waals surface area contributed by atoms with Gasteiger partial charge in [0.15, 0.2) is 0 Å². The second kappa shape index (κ2) is 5.26. The minimum Gasteiger partial charge on any atom is -0.480 e. The zero-order valence-electron chi connectivity index (χ0n) is 10.1. The Morgan fingerprint density at radius 3 is 2.74 bits per heavy atom. The summed E-state index contributed by atoms with van der Waals surface area (Å²) >= 11 is 0. The van der Waals surface area contributed by atoms with Crippen molar-refractivity contribution in [3.05, 3.63) is 35.6 Å². The van der Waals surface area contributed by atoms with Gasteiger partial charge in [0.1, 0.15) is 11.9 Å². The molecule has 1 N–H and O–H groups in total. The average Bonchev–Trinajstić information content (AvgIpc) is 2.82. The van der Waals surface area contributed by atoms with Gasteiger partial charge in [0.25, 0.3) is 0 Å². The molecule has 0 amide bonds. The monoisotopic (exact) mass is 287 g/mol. The molecular weight excluding hydrogens is 273 g/mol. The Labute approximate surface area is 110 Å². The minimum atomic E-state index is -3.82. The molecule has 1 heterocycles. The number of hydrogen-bond acceptors (Lipinski definition) is 3. The number of carboxylic acids is 1. The number of benzene rings is 1. The van der Waals surface area contributed by atoms with Crippen LogP contribution in [0.25, 0.3) is 0 Å². The van der Waals surface area contributed by atoms with E-state index in [0.29, 0.717) is 12.8 Å². The van der Waals surface area contributed by atoms with Crippen LogP contribution in [0.1, 0.15) is 18.4 Å². The van der Waals surface area contributed by atoms with Crippen molar-refractivity contribution in [2.75, 3.05) is 6.54 Å². The van der Waals surface area contributed by atoms with Crippen LogP contribution in [0.5, 0.6) is 0 Å². The molecule has 1 saturated heterocycles. The van der Waals surface area contributed by atoms with Crippen LogP contribution in [0.15, 0.2) is 24.3 Å². The van der Waals surface area contributed by atoms with Gasteiger partial charge in [-0.05, 0) is 18.9 Å². The first-order chi connectivity index (χ1) is 8.92. The molecule has 1 aliphatic rings. The summed E-state index contributed by atoms with van der Waals surface area (Å²) in [7, 11) is -3.82. The SMILES string of the molecule is O=C(O)[C@@H]1CCCN1S(=O)(=O)Cc1ccccc1F. The van der Waals surface area contributed by atoms with Crippen molar-refractivity contribution in [3.8, 4) is 0 Å². The van der Waals surface area contributed by atoms with Crippen LogP contribution in [0.4, 0.5) is 4.39 Å². The number of nitrogens with zero attached hydrogens (tertiary/aromatic N) is 1. The molecule has 0 aliphatic carbocycles. The van der Waals surface area contributed by atoms with E-state index >= 15 is 0 Å². The van der Waals surface area contributed by atoms with Crippen molar-refractivity contribution in [2.24, 2.45) is 0 Å². The molecule has 1 aromatic carbocycles. The molecule has 1 fully saturated rings. The van der Waals surface area contributed by atoms with Crippen LogP contribution in [0.3, 0.4) is 0 Å². The Hall–Kier alpha value is -1.47. The Morgan fingerprint density at radius 2 is 2.11 bits per heavy atom. The van der Waals surface area contributed by atoms with E-state index in [2.05, 4.69) is 0 Å². The predicted molar refractivity (Wildman–Crippen MR) is 66.4 cm³/mol. The highest BCUT2D eigenvalue weighted by atomic mass is 32.2. The maximum absolute atomic E-state index is 13.5. The molecule has 1 aliphatic heterocycles. The standard InChI is InChI=1S/C12H14FNO4S/c13-10-5-2-1-4-9(10)8-19(17,18)14-7-3-6-11(14)12(15)16/h1-2,4-5,11H,3,6-8H2,(H,15,16)/t11-/m0/s1. The molecule has 19 heavy (non-hydrogen) atoms. The van der Waals surface area contributed by atoms with Gasteiger partial charge in [-0.3, -0.25) is 4.79 Å². The Kier molecular flexibility index (Phi) is 3.86. The van der Waals surface area contributed by atoms with Crippen LogP contribution in [0, 0.1) is 5.82 Å². The highest BCUT2D eigenvalue weighted by Crippen LogP contribution is 2.24. The number of aliphatic carboxylic acids is 1. The van der Waals surface area contributed by atoms with Gasteiger partial charge in [0.2, 0.25) is 10.0 Å². The number of halogens is 1. The Balaban J connectivity index is 2.24. The molecule has 104 valence electrons. The maximum Gasteiger partial charge on any atom is 0.322 e. The predicted octanol–water partition coefficient (Wildman–Crippen LogP) is 1.20. The molecule has 5 nitrogen and oxygen atoms in total. The third-order valence-corrected chi connectivity index (χ3v) is 4.97. The van der Waals surface area contributed by atoms with E-state index in [0.717, 1.165) is 4.31 Å². The summed E-state index contributed by atoms with van der Waals surface area (Å²) in [5, 5.41) is 8.99. The molecule has 1 atom stereocenters. The fourth-order valence-electron chi connectivity index (χ4n) is 2.21. The molecule has 0 radical (unpaired) electrons. The van der Waals surface area contributed by atoms with Gasteiger partial charge < -0.3 is 5.11 Å². The lowest BCUT2D eigenvalue weighted by atomic mass is 10.2. The zero-order chi connectivity index (χ0) is 14.0. The first-order valence-corrected chi connectivity index (χ1v) is 7.48. The van der Waals surface area contributed by atoms with Gasteiger partial charge in [0, 0.05) is 12.1 Å². The highest BCUT2D eigenvalue weighted by molar-refractivity contribution is 7.88. The number of hydrogen-bond donors (Lipinski definition) is 1. The highest BCUT2D eigenvalue weighted by Gasteiger charge is 2.38. The van der Waals surface area contributed by atoms with E-state index < -0.39 is 33.6 Å². The van der Waals surface area contributed by atoms with Crippen LogP contribution >= 0.6 is 0 Å². The molecule has 0 unspecified atom stereocenters. The Morgan fingerprint density at radius 1 is 1.42 bits per heavy atom. The van der Waals surface area contributed by atoms with Crippen LogP contribution in [-0.4, -0.2) is 36.4 Å². The molecule has 2 rings (SSSR count). The summed E-state index contributed by atoms with van der Waals surface area (Å²) in [5.74, 6) is -2.27. The third-order valence-electron chi connectivity index (χ3n) is 3.14. The Bertz CT molecular complexity index is 587. The van der Waals surface area contributed by atoms with Crippen LogP contribution < -0.4 is 0 Å². The largest absolute Gasteiger partial charge is 0.480 e. The van der Waals surface area contributed by atoms with E-state index in [1.165, 1.54) is 18.2 Å². The third kappa shape index (κ3) is 2.93. The number of carboxylic acid groups (broad SMARTS) is 1. The summed E-state index contributed by atoms with van der Waals surface area (Å²) in [4.78, 5) is 11.0.